The average Bonchev–Trinajstić information content (AvgIpc) is 3.01. The Hall–Kier alpha value is -2.99. The number of nitrogens with one attached hydrogen (secondary N) is 1. The number of carbonyl (C=O) groups is 1. The number of benzene rings is 1. The molecule has 1 amide bonds. The monoisotopic (exact) mass is 351 g/mol. The summed E-state index contributed by atoms with van der Waals surface area (Å²) in [4.78, 5) is 21.8. The Balaban J connectivity index is 1.70. The van der Waals surface area contributed by atoms with Crippen LogP contribution in [0.1, 0.15) is 11.3 Å². The third kappa shape index (κ3) is 4.30. The molecule has 126 valence electrons. The van der Waals surface area contributed by atoms with Crippen molar-refractivity contribution in [2.75, 3.05) is 12.4 Å². The fourth-order valence-electron chi connectivity index (χ4n) is 2.25. The quantitative estimate of drug-likeness (QED) is 0.701. The van der Waals surface area contributed by atoms with Gasteiger partial charge in [0.2, 0.25) is 5.91 Å². The number of aromatic nitrogens is 2. The summed E-state index contributed by atoms with van der Waals surface area (Å²) in [7, 11) is 1.61. The third-order valence-electron chi connectivity index (χ3n) is 3.45. The lowest BCUT2D eigenvalue weighted by Gasteiger charge is -2.00. The van der Waals surface area contributed by atoms with Gasteiger partial charge in [-0.3, -0.25) is 15.1 Å². The minimum atomic E-state index is -0.232. The number of thiazole rings is 1. The molecular weight excluding hydrogens is 334 g/mol. The topological polar surface area (TPSA) is 64.1 Å². The maximum absolute atomic E-state index is 12.1. The van der Waals surface area contributed by atoms with E-state index < -0.39 is 0 Å². The van der Waals surface area contributed by atoms with Crippen LogP contribution in [-0.2, 0) is 4.79 Å². The van der Waals surface area contributed by atoms with E-state index in [4.69, 9.17) is 4.74 Å². The molecule has 0 bridgehead atoms. The van der Waals surface area contributed by atoms with Crippen LogP contribution in [0.25, 0.3) is 16.6 Å². The Bertz CT molecular complexity index is 904. The van der Waals surface area contributed by atoms with Crippen molar-refractivity contribution in [1.82, 2.24) is 9.97 Å². The second-order valence-corrected chi connectivity index (χ2v) is 6.25. The van der Waals surface area contributed by atoms with Crippen molar-refractivity contribution in [3.63, 3.8) is 0 Å². The summed E-state index contributed by atoms with van der Waals surface area (Å²) < 4.78 is 5.17. The molecule has 3 rings (SSSR count). The van der Waals surface area contributed by atoms with Gasteiger partial charge in [0.05, 0.1) is 23.4 Å². The van der Waals surface area contributed by atoms with Gasteiger partial charge in [-0.2, -0.15) is 0 Å². The summed E-state index contributed by atoms with van der Waals surface area (Å²) in [5.41, 5.74) is 2.58. The van der Waals surface area contributed by atoms with Crippen molar-refractivity contribution < 1.29 is 9.53 Å². The van der Waals surface area contributed by atoms with E-state index in [9.17, 15) is 4.79 Å². The fourth-order valence-corrected chi connectivity index (χ4v) is 3.19. The van der Waals surface area contributed by atoms with Gasteiger partial charge in [0.1, 0.15) is 5.75 Å². The summed E-state index contributed by atoms with van der Waals surface area (Å²) >= 11 is 1.41. The average molecular weight is 351 g/mol. The molecule has 3 aromatic rings. The molecular formula is C19H17N3O2S. The van der Waals surface area contributed by atoms with Crippen LogP contribution in [0.15, 0.2) is 54.7 Å². The zero-order valence-electron chi connectivity index (χ0n) is 13.9. The third-order valence-corrected chi connectivity index (χ3v) is 4.54. The molecule has 25 heavy (non-hydrogen) atoms. The molecule has 0 atom stereocenters. The first-order chi connectivity index (χ1) is 12.2. The maximum atomic E-state index is 12.1. The lowest BCUT2D eigenvalue weighted by molar-refractivity contribution is -0.111. The number of anilines is 1. The van der Waals surface area contributed by atoms with Gasteiger partial charge in [0.15, 0.2) is 5.13 Å². The molecule has 0 radical (unpaired) electrons. The molecule has 0 saturated heterocycles. The van der Waals surface area contributed by atoms with E-state index in [1.54, 1.807) is 19.4 Å². The molecule has 0 fully saturated rings. The van der Waals surface area contributed by atoms with Crippen LogP contribution in [0.2, 0.25) is 0 Å². The molecule has 5 nitrogen and oxygen atoms in total. The Morgan fingerprint density at radius 1 is 1.24 bits per heavy atom. The highest BCUT2D eigenvalue weighted by atomic mass is 32.1. The van der Waals surface area contributed by atoms with Gasteiger partial charge < -0.3 is 4.74 Å². The van der Waals surface area contributed by atoms with Gasteiger partial charge in [-0.15, -0.1) is 0 Å². The molecule has 1 aromatic carbocycles. The molecule has 0 aliphatic rings. The smallest absolute Gasteiger partial charge is 0.250 e. The van der Waals surface area contributed by atoms with Gasteiger partial charge in [0.25, 0.3) is 0 Å². The number of aryl methyl sites for hydroxylation is 1. The van der Waals surface area contributed by atoms with E-state index in [-0.39, 0.29) is 5.91 Å². The van der Waals surface area contributed by atoms with Gasteiger partial charge in [-0.25, -0.2) is 4.98 Å². The van der Waals surface area contributed by atoms with Gasteiger partial charge in [0, 0.05) is 12.3 Å². The number of rotatable bonds is 5. The molecule has 6 heteroatoms. The molecule has 0 aliphatic heterocycles. The minimum Gasteiger partial charge on any atom is -0.497 e. The molecule has 0 unspecified atom stereocenters. The molecule has 0 aliphatic carbocycles. The highest BCUT2D eigenvalue weighted by Crippen LogP contribution is 2.31. The van der Waals surface area contributed by atoms with Crippen molar-refractivity contribution in [2.45, 2.75) is 6.92 Å². The van der Waals surface area contributed by atoms with Crippen molar-refractivity contribution in [1.29, 1.82) is 0 Å². The first-order valence-electron chi connectivity index (χ1n) is 7.67. The Labute approximate surface area is 150 Å². The Morgan fingerprint density at radius 3 is 2.88 bits per heavy atom. The van der Waals surface area contributed by atoms with E-state index in [2.05, 4.69) is 15.3 Å². The highest BCUT2D eigenvalue weighted by molar-refractivity contribution is 7.19. The summed E-state index contributed by atoms with van der Waals surface area (Å²) in [6, 6.07) is 13.2. The fraction of sp³-hybridized carbons (Fsp3) is 0.105. The van der Waals surface area contributed by atoms with E-state index in [1.807, 2.05) is 49.4 Å². The summed E-state index contributed by atoms with van der Waals surface area (Å²) in [5.74, 6) is 0.516. The second kappa shape index (κ2) is 7.72. The van der Waals surface area contributed by atoms with Crippen molar-refractivity contribution in [3.8, 4) is 16.3 Å². The normalized spacial score (nSPS) is 10.8. The molecule has 0 spiro atoms. The summed E-state index contributed by atoms with van der Waals surface area (Å²) in [6.45, 7) is 1.91. The van der Waals surface area contributed by atoms with Crippen molar-refractivity contribution in [2.24, 2.45) is 0 Å². The Kier molecular flexibility index (Phi) is 5.20. The lowest BCUT2D eigenvalue weighted by atomic mass is 10.2. The van der Waals surface area contributed by atoms with Crippen LogP contribution in [0.3, 0.4) is 0 Å². The second-order valence-electron chi connectivity index (χ2n) is 5.25. The zero-order valence-corrected chi connectivity index (χ0v) is 14.7. The molecule has 0 saturated carbocycles. The van der Waals surface area contributed by atoms with Crippen LogP contribution in [-0.4, -0.2) is 23.0 Å². The Morgan fingerprint density at radius 2 is 2.12 bits per heavy atom. The van der Waals surface area contributed by atoms with Crippen LogP contribution >= 0.6 is 11.3 Å². The van der Waals surface area contributed by atoms with Gasteiger partial charge in [-0.05, 0) is 42.8 Å². The van der Waals surface area contributed by atoms with E-state index in [0.29, 0.717) is 5.13 Å². The number of hydrogen-bond donors (Lipinski definition) is 1. The first-order valence-corrected chi connectivity index (χ1v) is 8.49. The number of nitrogens with zero attached hydrogens (tertiary/aromatic N) is 2. The number of amides is 1. The molecule has 2 aromatic heterocycles. The van der Waals surface area contributed by atoms with Gasteiger partial charge in [-0.1, -0.05) is 29.5 Å². The van der Waals surface area contributed by atoms with Crippen LogP contribution < -0.4 is 10.1 Å². The maximum Gasteiger partial charge on any atom is 0.250 e. The van der Waals surface area contributed by atoms with Crippen LogP contribution in [0.4, 0.5) is 5.13 Å². The number of hydrogen-bond acceptors (Lipinski definition) is 5. The number of methoxy groups -OCH3 is 1. The standard InChI is InChI=1S/C19H17N3O2S/c1-13-18(16-8-3-4-11-20-16)25-19(21-13)22-17(23)10-9-14-6-5-7-15(12-14)24-2/h3-12H,1-2H3,(H,21,22,23)/b10-9+. The predicted molar refractivity (Wildman–Crippen MR) is 101 cm³/mol. The lowest BCUT2D eigenvalue weighted by Crippen LogP contribution is -2.07. The summed E-state index contributed by atoms with van der Waals surface area (Å²) in [5, 5.41) is 3.35. The van der Waals surface area contributed by atoms with E-state index in [1.165, 1.54) is 17.4 Å². The van der Waals surface area contributed by atoms with Gasteiger partial charge >= 0.3 is 0 Å². The number of carbonyl (C=O) groups excluding carboxylic acids is 1. The highest BCUT2D eigenvalue weighted by Gasteiger charge is 2.11. The molecule has 2 heterocycles. The van der Waals surface area contributed by atoms with Crippen molar-refractivity contribution in [3.05, 3.63) is 66.0 Å². The number of ether oxygens (including phenoxy) is 1. The minimum absolute atomic E-state index is 0.232. The number of pyridine rings is 1. The van der Waals surface area contributed by atoms with E-state index >= 15 is 0 Å². The first kappa shape index (κ1) is 16.9. The van der Waals surface area contributed by atoms with E-state index in [0.717, 1.165) is 27.6 Å². The largest absolute Gasteiger partial charge is 0.497 e. The zero-order chi connectivity index (χ0) is 17.6. The van der Waals surface area contributed by atoms with Crippen LogP contribution in [0, 0.1) is 6.92 Å². The van der Waals surface area contributed by atoms with Crippen molar-refractivity contribution >= 4 is 28.5 Å². The predicted octanol–water partition coefficient (Wildman–Crippen LogP) is 4.17. The summed E-state index contributed by atoms with van der Waals surface area (Å²) in [6.07, 6.45) is 4.95. The SMILES string of the molecule is COc1cccc(/C=C/C(=O)Nc2nc(C)c(-c3ccccn3)s2)c1. The van der Waals surface area contributed by atoms with Crippen LogP contribution in [0.5, 0.6) is 5.75 Å². The molecule has 1 N–H and O–H groups in total.